The average Bonchev–Trinajstić information content (AvgIpc) is 2.47. The van der Waals surface area contributed by atoms with Gasteiger partial charge in [-0.2, -0.15) is 0 Å². The second-order valence-electron chi connectivity index (χ2n) is 5.53. The summed E-state index contributed by atoms with van der Waals surface area (Å²) < 4.78 is 6.05. The minimum Gasteiger partial charge on any atom is -0.491 e. The summed E-state index contributed by atoms with van der Waals surface area (Å²) in [5.74, 6) is 0.990. The van der Waals surface area contributed by atoms with Crippen molar-refractivity contribution in [3.8, 4) is 5.75 Å². The number of aryl methyl sites for hydroxylation is 3. The predicted octanol–water partition coefficient (Wildman–Crippen LogP) is 4.21. The molecule has 0 aliphatic carbocycles. The van der Waals surface area contributed by atoms with Crippen molar-refractivity contribution in [2.24, 2.45) is 0 Å². The summed E-state index contributed by atoms with van der Waals surface area (Å²) in [5.41, 5.74) is 5.12. The van der Waals surface area contributed by atoms with Gasteiger partial charge in [-0.3, -0.25) is 0 Å². The van der Waals surface area contributed by atoms with Crippen molar-refractivity contribution >= 4 is 0 Å². The van der Waals surface area contributed by atoms with Crippen molar-refractivity contribution in [1.82, 2.24) is 5.32 Å². The van der Waals surface area contributed by atoms with Gasteiger partial charge in [-0.25, -0.2) is 0 Å². The molecule has 1 N–H and O–H groups in total. The zero-order valence-electron chi connectivity index (χ0n) is 13.4. The Labute approximate surface area is 128 Å². The van der Waals surface area contributed by atoms with Crippen molar-refractivity contribution in [2.75, 3.05) is 13.7 Å². The predicted molar refractivity (Wildman–Crippen MR) is 89.0 cm³/mol. The molecule has 2 nitrogen and oxygen atoms in total. The van der Waals surface area contributed by atoms with Crippen molar-refractivity contribution in [3.63, 3.8) is 0 Å². The highest BCUT2D eigenvalue weighted by molar-refractivity contribution is 5.34. The molecular weight excluding hydrogens is 258 g/mol. The van der Waals surface area contributed by atoms with Crippen LogP contribution >= 0.6 is 0 Å². The molecule has 0 aromatic heterocycles. The number of para-hydroxylation sites is 1. The van der Waals surface area contributed by atoms with Gasteiger partial charge in [0.05, 0.1) is 6.04 Å². The largest absolute Gasteiger partial charge is 0.491 e. The van der Waals surface area contributed by atoms with Gasteiger partial charge in [0, 0.05) is 0 Å². The lowest BCUT2D eigenvalue weighted by atomic mass is 10.0. The van der Waals surface area contributed by atoms with Crippen LogP contribution in [0.5, 0.6) is 5.75 Å². The smallest absolute Gasteiger partial charge is 0.122 e. The SMILES string of the molecule is CCc1ccccc1OCC(NC)c1cc(C)cc(C)c1. The number of benzene rings is 2. The van der Waals surface area contributed by atoms with Crippen molar-refractivity contribution < 1.29 is 4.74 Å². The van der Waals surface area contributed by atoms with E-state index in [-0.39, 0.29) is 6.04 Å². The van der Waals surface area contributed by atoms with Crippen molar-refractivity contribution in [2.45, 2.75) is 33.2 Å². The Balaban J connectivity index is 2.12. The molecule has 2 heteroatoms. The quantitative estimate of drug-likeness (QED) is 0.857. The molecule has 0 aliphatic heterocycles. The number of hydrogen-bond donors (Lipinski definition) is 1. The number of nitrogens with one attached hydrogen (secondary N) is 1. The van der Waals surface area contributed by atoms with E-state index >= 15 is 0 Å². The first-order valence-corrected chi connectivity index (χ1v) is 7.60. The third-order valence-electron chi connectivity index (χ3n) is 3.75. The van der Waals surface area contributed by atoms with Gasteiger partial charge in [-0.15, -0.1) is 0 Å². The monoisotopic (exact) mass is 283 g/mol. The molecule has 1 atom stereocenters. The molecule has 0 spiro atoms. The Morgan fingerprint density at radius 1 is 1.05 bits per heavy atom. The van der Waals surface area contributed by atoms with Crippen molar-refractivity contribution in [1.29, 1.82) is 0 Å². The molecule has 1 unspecified atom stereocenters. The van der Waals surface area contributed by atoms with E-state index in [1.165, 1.54) is 22.3 Å². The van der Waals surface area contributed by atoms with Gasteiger partial charge in [0.15, 0.2) is 0 Å². The zero-order chi connectivity index (χ0) is 15.2. The fourth-order valence-electron chi connectivity index (χ4n) is 2.67. The third-order valence-corrected chi connectivity index (χ3v) is 3.75. The summed E-state index contributed by atoms with van der Waals surface area (Å²) in [7, 11) is 1.98. The van der Waals surface area contributed by atoms with Crippen LogP contribution in [0, 0.1) is 13.8 Å². The first-order valence-electron chi connectivity index (χ1n) is 7.60. The fourth-order valence-corrected chi connectivity index (χ4v) is 2.67. The van der Waals surface area contributed by atoms with Gasteiger partial charge in [-0.1, -0.05) is 54.4 Å². The minimum absolute atomic E-state index is 0.202. The maximum Gasteiger partial charge on any atom is 0.122 e. The van der Waals surface area contributed by atoms with Gasteiger partial charge in [0.25, 0.3) is 0 Å². The second kappa shape index (κ2) is 7.28. The highest BCUT2D eigenvalue weighted by atomic mass is 16.5. The summed E-state index contributed by atoms with van der Waals surface area (Å²) in [6.07, 6.45) is 0.990. The molecule has 0 fully saturated rings. The van der Waals surface area contributed by atoms with E-state index < -0.39 is 0 Å². The topological polar surface area (TPSA) is 21.3 Å². The first-order chi connectivity index (χ1) is 10.1. The third kappa shape index (κ3) is 4.08. The number of hydrogen-bond acceptors (Lipinski definition) is 2. The lowest BCUT2D eigenvalue weighted by Gasteiger charge is -2.19. The van der Waals surface area contributed by atoms with Gasteiger partial charge in [0.2, 0.25) is 0 Å². The Morgan fingerprint density at radius 3 is 2.33 bits per heavy atom. The van der Waals surface area contributed by atoms with E-state index in [1.807, 2.05) is 19.2 Å². The summed E-state index contributed by atoms with van der Waals surface area (Å²) >= 11 is 0. The van der Waals surface area contributed by atoms with Gasteiger partial charge in [0.1, 0.15) is 12.4 Å². The van der Waals surface area contributed by atoms with Crippen LogP contribution in [0.3, 0.4) is 0 Å². The maximum atomic E-state index is 6.05. The summed E-state index contributed by atoms with van der Waals surface area (Å²) in [6, 6.07) is 15.1. The number of likely N-dealkylation sites (N-methyl/N-ethyl adjacent to an activating group) is 1. The van der Waals surface area contributed by atoms with Gasteiger partial charge in [-0.05, 0) is 44.5 Å². The van der Waals surface area contributed by atoms with Crippen LogP contribution in [-0.2, 0) is 6.42 Å². The lowest BCUT2D eigenvalue weighted by molar-refractivity contribution is 0.271. The van der Waals surface area contributed by atoms with E-state index in [1.54, 1.807) is 0 Å². The van der Waals surface area contributed by atoms with Crippen LogP contribution in [0.25, 0.3) is 0 Å². The Morgan fingerprint density at radius 2 is 1.71 bits per heavy atom. The fraction of sp³-hybridized carbons (Fsp3) is 0.368. The summed E-state index contributed by atoms with van der Waals surface area (Å²) in [6.45, 7) is 7.06. The average molecular weight is 283 g/mol. The van der Waals surface area contributed by atoms with E-state index in [0.717, 1.165) is 12.2 Å². The summed E-state index contributed by atoms with van der Waals surface area (Å²) in [5, 5.41) is 3.36. The van der Waals surface area contributed by atoms with E-state index in [2.05, 4.69) is 56.4 Å². The second-order valence-corrected chi connectivity index (χ2v) is 5.53. The molecule has 112 valence electrons. The minimum atomic E-state index is 0.202. The van der Waals surface area contributed by atoms with Crippen LogP contribution < -0.4 is 10.1 Å². The van der Waals surface area contributed by atoms with Crippen LogP contribution in [-0.4, -0.2) is 13.7 Å². The molecule has 2 aromatic carbocycles. The molecule has 0 saturated heterocycles. The van der Waals surface area contributed by atoms with Gasteiger partial charge < -0.3 is 10.1 Å². The Hall–Kier alpha value is -1.80. The van der Waals surface area contributed by atoms with Crippen LogP contribution in [0.1, 0.15) is 35.2 Å². The molecule has 0 aliphatic rings. The molecule has 21 heavy (non-hydrogen) atoms. The van der Waals surface area contributed by atoms with E-state index in [9.17, 15) is 0 Å². The molecular formula is C19H25NO. The normalized spacial score (nSPS) is 12.2. The summed E-state index contributed by atoms with van der Waals surface area (Å²) in [4.78, 5) is 0. The number of rotatable bonds is 6. The van der Waals surface area contributed by atoms with E-state index in [4.69, 9.17) is 4.74 Å². The van der Waals surface area contributed by atoms with E-state index in [0.29, 0.717) is 6.61 Å². The zero-order valence-corrected chi connectivity index (χ0v) is 13.4. The highest BCUT2D eigenvalue weighted by Gasteiger charge is 2.12. The Kier molecular flexibility index (Phi) is 5.40. The molecule has 0 amide bonds. The van der Waals surface area contributed by atoms with Crippen LogP contribution in [0.15, 0.2) is 42.5 Å². The first kappa shape index (κ1) is 15.6. The van der Waals surface area contributed by atoms with Gasteiger partial charge >= 0.3 is 0 Å². The van der Waals surface area contributed by atoms with Crippen LogP contribution in [0.4, 0.5) is 0 Å². The molecule has 0 heterocycles. The molecule has 2 aromatic rings. The number of ether oxygens (including phenoxy) is 1. The van der Waals surface area contributed by atoms with Crippen molar-refractivity contribution in [3.05, 3.63) is 64.7 Å². The molecule has 2 rings (SSSR count). The highest BCUT2D eigenvalue weighted by Crippen LogP contribution is 2.22. The molecule has 0 bridgehead atoms. The molecule has 0 radical (unpaired) electrons. The lowest BCUT2D eigenvalue weighted by Crippen LogP contribution is -2.23. The maximum absolute atomic E-state index is 6.05. The molecule has 0 saturated carbocycles. The van der Waals surface area contributed by atoms with Crippen LogP contribution in [0.2, 0.25) is 0 Å². The Bertz CT molecular complexity index is 572. The standard InChI is InChI=1S/C19H25NO/c1-5-16-8-6-7-9-19(16)21-13-18(20-4)17-11-14(2)10-15(3)12-17/h6-12,18,20H,5,13H2,1-4H3.